The molecule has 1 saturated heterocycles. The molecule has 2 aromatic rings. The highest BCUT2D eigenvalue weighted by Crippen LogP contribution is 2.33. The van der Waals surface area contributed by atoms with Crippen molar-refractivity contribution in [3.8, 4) is 0 Å². The van der Waals surface area contributed by atoms with E-state index in [2.05, 4.69) is 41.1 Å². The number of H-pyrrole nitrogens is 1. The first kappa shape index (κ1) is 19.6. The van der Waals surface area contributed by atoms with Gasteiger partial charge in [0, 0.05) is 6.21 Å². The van der Waals surface area contributed by atoms with Crippen LogP contribution < -0.4 is 4.87 Å². The Morgan fingerprint density at radius 1 is 1.25 bits per heavy atom. The van der Waals surface area contributed by atoms with E-state index in [1.807, 2.05) is 12.3 Å². The number of aliphatic imine (C=N–C) groups is 1. The monoisotopic (exact) mass is 397 g/mol. The SMILES string of the molecule is CC1(C(CCCc2ccc3[nH]c(=O)sc3c2)CCN2CCCCC2)C=CC=N1. The van der Waals surface area contributed by atoms with E-state index >= 15 is 0 Å². The molecule has 3 heterocycles. The standard InChI is InChI=1S/C23H31N3OS/c1-23(12-6-13-24-23)19(11-16-26-14-3-2-4-15-26)8-5-7-18-9-10-20-21(17-18)28-22(27)25-20/h6,9-10,12-13,17,19H,2-5,7-8,11,14-16H2,1H3,(H,25,27). The molecule has 0 spiro atoms. The average molecular weight is 398 g/mol. The lowest BCUT2D eigenvalue weighted by Gasteiger charge is -2.33. The lowest BCUT2D eigenvalue weighted by atomic mass is 9.80. The normalized spacial score (nSPS) is 23.6. The molecule has 4 nitrogen and oxygen atoms in total. The molecule has 28 heavy (non-hydrogen) atoms. The summed E-state index contributed by atoms with van der Waals surface area (Å²) >= 11 is 1.30. The fourth-order valence-electron chi connectivity index (χ4n) is 4.67. The fraction of sp³-hybridized carbons (Fsp3) is 0.565. The third-order valence-corrected chi connectivity index (χ3v) is 7.29. The first-order chi connectivity index (χ1) is 13.6. The molecule has 150 valence electrons. The van der Waals surface area contributed by atoms with Crippen LogP contribution in [0, 0.1) is 5.92 Å². The topological polar surface area (TPSA) is 48.5 Å². The van der Waals surface area contributed by atoms with Gasteiger partial charge in [0.1, 0.15) is 0 Å². The Balaban J connectivity index is 1.36. The maximum atomic E-state index is 11.5. The predicted molar refractivity (Wildman–Crippen MR) is 120 cm³/mol. The zero-order valence-electron chi connectivity index (χ0n) is 16.8. The molecule has 4 rings (SSSR count). The average Bonchev–Trinajstić information content (AvgIpc) is 3.30. The Kier molecular flexibility index (Phi) is 6.12. The molecule has 0 radical (unpaired) electrons. The summed E-state index contributed by atoms with van der Waals surface area (Å²) in [6.45, 7) is 6.02. The number of piperidine rings is 1. The summed E-state index contributed by atoms with van der Waals surface area (Å²) in [6, 6.07) is 6.38. The summed E-state index contributed by atoms with van der Waals surface area (Å²) in [5.74, 6) is 0.580. The van der Waals surface area contributed by atoms with Gasteiger partial charge in [-0.3, -0.25) is 9.79 Å². The minimum Gasteiger partial charge on any atom is -0.312 e. The molecule has 2 unspecified atom stereocenters. The number of rotatable bonds is 8. The maximum absolute atomic E-state index is 11.5. The summed E-state index contributed by atoms with van der Waals surface area (Å²) in [5, 5.41) is 0. The highest BCUT2D eigenvalue weighted by atomic mass is 32.1. The number of hydrogen-bond donors (Lipinski definition) is 1. The van der Waals surface area contributed by atoms with Crippen molar-refractivity contribution in [2.24, 2.45) is 10.9 Å². The second kappa shape index (κ2) is 8.75. The van der Waals surface area contributed by atoms with E-state index in [0.29, 0.717) is 5.92 Å². The van der Waals surface area contributed by atoms with Crippen LogP contribution in [-0.4, -0.2) is 41.3 Å². The number of aryl methyl sites for hydroxylation is 1. The third kappa shape index (κ3) is 4.64. The van der Waals surface area contributed by atoms with Gasteiger partial charge in [-0.15, -0.1) is 0 Å². The molecule has 0 aliphatic carbocycles. The zero-order valence-corrected chi connectivity index (χ0v) is 17.6. The van der Waals surface area contributed by atoms with E-state index < -0.39 is 0 Å². The van der Waals surface area contributed by atoms with E-state index in [-0.39, 0.29) is 10.4 Å². The molecular weight excluding hydrogens is 366 g/mol. The van der Waals surface area contributed by atoms with Crippen LogP contribution in [0.3, 0.4) is 0 Å². The molecule has 2 aliphatic heterocycles. The van der Waals surface area contributed by atoms with Crippen LogP contribution >= 0.6 is 11.3 Å². The number of nitrogens with zero attached hydrogens (tertiary/aromatic N) is 2. The van der Waals surface area contributed by atoms with E-state index in [9.17, 15) is 4.79 Å². The smallest absolute Gasteiger partial charge is 0.305 e. The quantitative estimate of drug-likeness (QED) is 0.695. The Morgan fingerprint density at radius 2 is 2.11 bits per heavy atom. The van der Waals surface area contributed by atoms with Gasteiger partial charge < -0.3 is 9.88 Å². The van der Waals surface area contributed by atoms with Gasteiger partial charge in [-0.05, 0) is 94.8 Å². The van der Waals surface area contributed by atoms with Gasteiger partial charge in [-0.2, -0.15) is 0 Å². The first-order valence-electron chi connectivity index (χ1n) is 10.7. The van der Waals surface area contributed by atoms with Crippen LogP contribution in [-0.2, 0) is 6.42 Å². The molecule has 2 aliphatic rings. The molecule has 1 aromatic carbocycles. The lowest BCUT2D eigenvalue weighted by molar-refractivity contribution is 0.194. The summed E-state index contributed by atoms with van der Waals surface area (Å²) in [4.78, 5) is 21.9. The van der Waals surface area contributed by atoms with Crippen LogP contribution in [0.5, 0.6) is 0 Å². The van der Waals surface area contributed by atoms with E-state index in [4.69, 9.17) is 4.99 Å². The molecule has 1 aromatic heterocycles. The number of thiazole rings is 1. The number of aromatic nitrogens is 1. The van der Waals surface area contributed by atoms with Gasteiger partial charge in [0.25, 0.3) is 0 Å². The van der Waals surface area contributed by atoms with Crippen LogP contribution in [0.2, 0.25) is 0 Å². The Hall–Kier alpha value is -1.72. The van der Waals surface area contributed by atoms with Gasteiger partial charge in [0.05, 0.1) is 15.8 Å². The van der Waals surface area contributed by atoms with Crippen molar-refractivity contribution in [3.63, 3.8) is 0 Å². The highest BCUT2D eigenvalue weighted by molar-refractivity contribution is 7.16. The molecule has 0 saturated carbocycles. The van der Waals surface area contributed by atoms with Crippen molar-refractivity contribution in [2.75, 3.05) is 19.6 Å². The number of fused-ring (bicyclic) bond motifs is 1. The Morgan fingerprint density at radius 3 is 2.89 bits per heavy atom. The molecular formula is C23H31N3OS. The predicted octanol–water partition coefficient (Wildman–Crippen LogP) is 4.80. The van der Waals surface area contributed by atoms with Crippen molar-refractivity contribution in [1.29, 1.82) is 0 Å². The second-order valence-corrected chi connectivity index (χ2v) is 9.50. The Labute approximate surface area is 171 Å². The molecule has 5 heteroatoms. The van der Waals surface area contributed by atoms with Crippen LogP contribution in [0.4, 0.5) is 0 Å². The first-order valence-corrected chi connectivity index (χ1v) is 11.5. The third-order valence-electron chi connectivity index (χ3n) is 6.44. The van der Waals surface area contributed by atoms with Gasteiger partial charge in [0.15, 0.2) is 0 Å². The van der Waals surface area contributed by atoms with Crippen molar-refractivity contribution < 1.29 is 0 Å². The number of benzene rings is 1. The number of aromatic amines is 1. The molecule has 2 atom stereocenters. The molecule has 0 amide bonds. The molecule has 0 bridgehead atoms. The second-order valence-electron chi connectivity index (χ2n) is 8.49. The van der Waals surface area contributed by atoms with E-state index in [0.717, 1.165) is 23.1 Å². The zero-order chi connectivity index (χ0) is 19.4. The molecule has 1 fully saturated rings. The number of likely N-dealkylation sites (tertiary alicyclic amines) is 1. The summed E-state index contributed by atoms with van der Waals surface area (Å²) in [6.07, 6.45) is 15.1. The molecule has 1 N–H and O–H groups in total. The summed E-state index contributed by atoms with van der Waals surface area (Å²) < 4.78 is 1.07. The largest absolute Gasteiger partial charge is 0.312 e. The summed E-state index contributed by atoms with van der Waals surface area (Å²) in [5.41, 5.74) is 2.24. The van der Waals surface area contributed by atoms with Crippen LogP contribution in [0.15, 0.2) is 40.1 Å². The highest BCUT2D eigenvalue weighted by Gasteiger charge is 2.32. The maximum Gasteiger partial charge on any atom is 0.305 e. The van der Waals surface area contributed by atoms with Gasteiger partial charge in [-0.1, -0.05) is 29.9 Å². The fourth-order valence-corrected chi connectivity index (χ4v) is 5.47. The number of allylic oxidation sites excluding steroid dienone is 1. The van der Waals surface area contributed by atoms with Crippen LogP contribution in [0.1, 0.15) is 51.0 Å². The summed E-state index contributed by atoms with van der Waals surface area (Å²) in [7, 11) is 0. The minimum atomic E-state index is -0.0418. The Bertz CT molecular complexity index is 892. The number of hydrogen-bond acceptors (Lipinski definition) is 4. The van der Waals surface area contributed by atoms with E-state index in [1.165, 1.54) is 68.6 Å². The number of nitrogens with one attached hydrogen (secondary N) is 1. The van der Waals surface area contributed by atoms with Gasteiger partial charge in [-0.25, -0.2) is 0 Å². The van der Waals surface area contributed by atoms with Crippen LogP contribution in [0.25, 0.3) is 10.2 Å². The van der Waals surface area contributed by atoms with Gasteiger partial charge in [0.2, 0.25) is 0 Å². The minimum absolute atomic E-state index is 0.0312. The van der Waals surface area contributed by atoms with Crippen molar-refractivity contribution >= 4 is 27.8 Å². The van der Waals surface area contributed by atoms with E-state index in [1.54, 1.807) is 0 Å². The van der Waals surface area contributed by atoms with Crippen molar-refractivity contribution in [1.82, 2.24) is 9.88 Å². The van der Waals surface area contributed by atoms with Crippen molar-refractivity contribution in [3.05, 3.63) is 45.6 Å². The van der Waals surface area contributed by atoms with Gasteiger partial charge >= 0.3 is 4.87 Å². The van der Waals surface area contributed by atoms with Crippen molar-refractivity contribution in [2.45, 2.75) is 57.4 Å². The lowest BCUT2D eigenvalue weighted by Crippen LogP contribution is -2.36.